The van der Waals surface area contributed by atoms with Crippen LogP contribution in [-0.4, -0.2) is 0 Å². The Morgan fingerprint density at radius 3 is 1.46 bits per heavy atom. The summed E-state index contributed by atoms with van der Waals surface area (Å²) in [5.41, 5.74) is 15.8. The van der Waals surface area contributed by atoms with Gasteiger partial charge in [-0.05, 0) is 104 Å². The van der Waals surface area contributed by atoms with Crippen molar-refractivity contribution in [1.29, 1.82) is 0 Å². The summed E-state index contributed by atoms with van der Waals surface area (Å²) < 4.78 is 20.4. The van der Waals surface area contributed by atoms with Crippen LogP contribution in [0.2, 0.25) is 0 Å². The number of benzene rings is 9. The minimum Gasteiger partial charge on any atom is -0.456 e. The maximum absolute atomic E-state index is 7.06. The Kier molecular flexibility index (Phi) is 7.72. The molecule has 0 radical (unpaired) electrons. The van der Waals surface area contributed by atoms with Gasteiger partial charge in [-0.1, -0.05) is 109 Å². The number of aryl methyl sites for hydroxylation is 4. The molecule has 3 aromatic heterocycles. The number of anilines is 6. The largest absolute Gasteiger partial charge is 0.456 e. The summed E-state index contributed by atoms with van der Waals surface area (Å²) in [6, 6.07) is 60.2. The lowest BCUT2D eigenvalue weighted by Gasteiger charge is -2.28. The molecule has 12 rings (SSSR count). The van der Waals surface area contributed by atoms with Gasteiger partial charge in [0.05, 0.1) is 22.7 Å². The fourth-order valence-electron chi connectivity index (χ4n) is 9.47. The fourth-order valence-corrected chi connectivity index (χ4v) is 9.47. The summed E-state index contributed by atoms with van der Waals surface area (Å²) in [5.74, 6) is 0. The second kappa shape index (κ2) is 13.4. The molecule has 0 aliphatic heterocycles. The van der Waals surface area contributed by atoms with Crippen molar-refractivity contribution >= 4 is 111 Å². The highest BCUT2D eigenvalue weighted by molar-refractivity contribution is 6.23. The van der Waals surface area contributed by atoms with Gasteiger partial charge in [-0.15, -0.1) is 0 Å². The lowest BCUT2D eigenvalue weighted by atomic mass is 9.99. The van der Waals surface area contributed by atoms with E-state index in [-0.39, 0.29) is 0 Å². The normalized spacial score (nSPS) is 11.9. The lowest BCUT2D eigenvalue weighted by molar-refractivity contribution is 0.667. The van der Waals surface area contributed by atoms with E-state index in [0.717, 1.165) is 122 Å². The standard InChI is InChI=1S/C56H40N2O3/c1-33-23-25-35(3)47(29-33)57(45-19-11-17-42-39-14-7-9-21-50(39)60-55(42)45)37-27-28-44-52(31-37)59-53-32-49(38-13-5-6-16-41(38)54(44)53)58(48-30-34(2)24-26-36(48)4)46-20-12-18-43-40-15-8-10-22-51(40)61-56(43)46/h5-32H,1-4H3. The quantitative estimate of drug-likeness (QED) is 0.168. The van der Waals surface area contributed by atoms with Gasteiger partial charge >= 0.3 is 0 Å². The van der Waals surface area contributed by atoms with Crippen LogP contribution in [0.15, 0.2) is 183 Å². The van der Waals surface area contributed by atoms with E-state index in [9.17, 15) is 0 Å². The number of rotatable bonds is 6. The highest BCUT2D eigenvalue weighted by atomic mass is 16.3. The van der Waals surface area contributed by atoms with Crippen molar-refractivity contribution in [3.8, 4) is 0 Å². The Morgan fingerprint density at radius 1 is 0.311 bits per heavy atom. The Hall–Kier alpha value is -7.76. The van der Waals surface area contributed by atoms with Crippen LogP contribution < -0.4 is 9.80 Å². The van der Waals surface area contributed by atoms with Gasteiger partial charge in [-0.25, -0.2) is 0 Å². The molecule has 0 atom stereocenters. The van der Waals surface area contributed by atoms with Gasteiger partial charge in [-0.2, -0.15) is 0 Å². The molecule has 0 N–H and O–H groups in total. The van der Waals surface area contributed by atoms with E-state index >= 15 is 0 Å². The number of furan rings is 3. The first-order chi connectivity index (χ1) is 29.9. The van der Waals surface area contributed by atoms with Crippen LogP contribution in [0.1, 0.15) is 22.3 Å². The van der Waals surface area contributed by atoms with Crippen molar-refractivity contribution in [2.24, 2.45) is 0 Å². The number of hydrogen-bond donors (Lipinski definition) is 0. The maximum atomic E-state index is 7.06. The molecule has 0 unspecified atom stereocenters. The first-order valence-electron chi connectivity index (χ1n) is 20.8. The van der Waals surface area contributed by atoms with Gasteiger partial charge in [0, 0.05) is 61.2 Å². The zero-order valence-corrected chi connectivity index (χ0v) is 34.3. The van der Waals surface area contributed by atoms with Gasteiger partial charge in [0.1, 0.15) is 22.3 Å². The third-order valence-corrected chi connectivity index (χ3v) is 12.4. The van der Waals surface area contributed by atoms with Gasteiger partial charge in [-0.3, -0.25) is 0 Å². The van der Waals surface area contributed by atoms with Gasteiger partial charge in [0.2, 0.25) is 0 Å². The Balaban J connectivity index is 1.11. The molecule has 292 valence electrons. The molecule has 0 bridgehead atoms. The molecule has 61 heavy (non-hydrogen) atoms. The molecule has 0 amide bonds. The summed E-state index contributed by atoms with van der Waals surface area (Å²) in [7, 11) is 0. The molecule has 0 saturated carbocycles. The second-order valence-corrected chi connectivity index (χ2v) is 16.4. The molecule has 5 nitrogen and oxygen atoms in total. The smallest absolute Gasteiger partial charge is 0.159 e. The molecule has 0 aliphatic rings. The molecule has 5 heteroatoms. The van der Waals surface area contributed by atoms with Gasteiger partial charge in [0.25, 0.3) is 0 Å². The van der Waals surface area contributed by atoms with E-state index in [1.165, 1.54) is 11.1 Å². The van der Waals surface area contributed by atoms with Crippen LogP contribution in [-0.2, 0) is 0 Å². The summed E-state index contributed by atoms with van der Waals surface area (Å²) in [4.78, 5) is 4.68. The maximum Gasteiger partial charge on any atom is 0.159 e. The SMILES string of the molecule is Cc1ccc(C)c(N(c2ccc3c(c2)oc2cc(N(c4cc(C)ccc4C)c4cccc5c4oc4ccccc45)c4ccccc4c23)c2cccc3c2oc2ccccc23)c1. The summed E-state index contributed by atoms with van der Waals surface area (Å²) >= 11 is 0. The molecule has 3 heterocycles. The van der Waals surface area contributed by atoms with E-state index < -0.39 is 0 Å². The molecule has 9 aromatic carbocycles. The van der Waals surface area contributed by atoms with E-state index in [1.807, 2.05) is 24.3 Å². The Labute approximate surface area is 352 Å². The first kappa shape index (κ1) is 35.2. The zero-order valence-electron chi connectivity index (χ0n) is 34.3. The van der Waals surface area contributed by atoms with Crippen molar-refractivity contribution in [3.05, 3.63) is 192 Å². The predicted octanol–water partition coefficient (Wildman–Crippen LogP) is 16.7. The Bertz CT molecular complexity index is 3730. The van der Waals surface area contributed by atoms with Crippen molar-refractivity contribution in [2.75, 3.05) is 9.80 Å². The molecule has 0 spiro atoms. The van der Waals surface area contributed by atoms with Crippen molar-refractivity contribution in [3.63, 3.8) is 0 Å². The van der Waals surface area contributed by atoms with Crippen molar-refractivity contribution in [1.82, 2.24) is 0 Å². The predicted molar refractivity (Wildman–Crippen MR) is 254 cm³/mol. The molecule has 0 aliphatic carbocycles. The average Bonchev–Trinajstić information content (AvgIpc) is 3.98. The minimum absolute atomic E-state index is 0.805. The number of para-hydroxylation sites is 4. The monoisotopic (exact) mass is 788 g/mol. The third kappa shape index (κ3) is 5.40. The topological polar surface area (TPSA) is 45.9 Å². The lowest BCUT2D eigenvalue weighted by Crippen LogP contribution is -2.12. The van der Waals surface area contributed by atoms with Gasteiger partial charge in [0.15, 0.2) is 11.2 Å². The summed E-state index contributed by atoms with van der Waals surface area (Å²) in [5, 5.41) is 8.73. The fraction of sp³-hybridized carbons (Fsp3) is 0.0714. The van der Waals surface area contributed by atoms with Crippen LogP contribution in [0.25, 0.3) is 76.6 Å². The molecule has 0 saturated heterocycles. The minimum atomic E-state index is 0.805. The second-order valence-electron chi connectivity index (χ2n) is 16.4. The van der Waals surface area contributed by atoms with Crippen LogP contribution in [0.4, 0.5) is 34.1 Å². The van der Waals surface area contributed by atoms with Crippen molar-refractivity contribution < 1.29 is 13.3 Å². The zero-order chi connectivity index (χ0) is 40.9. The van der Waals surface area contributed by atoms with Crippen LogP contribution in [0.5, 0.6) is 0 Å². The summed E-state index contributed by atoms with van der Waals surface area (Å²) in [6.07, 6.45) is 0. The number of hydrogen-bond acceptors (Lipinski definition) is 5. The number of fused-ring (bicyclic) bond motifs is 11. The molecule has 0 fully saturated rings. The molecule has 12 aromatic rings. The highest BCUT2D eigenvalue weighted by Crippen LogP contribution is 2.50. The average molecular weight is 789 g/mol. The number of nitrogens with zero attached hydrogens (tertiary/aromatic N) is 2. The van der Waals surface area contributed by atoms with E-state index in [0.29, 0.717) is 0 Å². The third-order valence-electron chi connectivity index (χ3n) is 12.4. The first-order valence-corrected chi connectivity index (χ1v) is 20.8. The Morgan fingerprint density at radius 2 is 0.836 bits per heavy atom. The van der Waals surface area contributed by atoms with E-state index in [2.05, 4.69) is 183 Å². The van der Waals surface area contributed by atoms with E-state index in [4.69, 9.17) is 13.3 Å². The van der Waals surface area contributed by atoms with Crippen LogP contribution in [0.3, 0.4) is 0 Å². The molecular formula is C56H40N2O3. The van der Waals surface area contributed by atoms with Gasteiger partial charge < -0.3 is 23.1 Å². The van der Waals surface area contributed by atoms with Crippen LogP contribution in [0, 0.1) is 27.7 Å². The van der Waals surface area contributed by atoms with E-state index in [1.54, 1.807) is 0 Å². The molecular weight excluding hydrogens is 749 g/mol. The summed E-state index contributed by atoms with van der Waals surface area (Å²) in [6.45, 7) is 8.64. The van der Waals surface area contributed by atoms with Crippen molar-refractivity contribution in [2.45, 2.75) is 27.7 Å². The highest BCUT2D eigenvalue weighted by Gasteiger charge is 2.26. The van der Waals surface area contributed by atoms with Crippen LogP contribution >= 0.6 is 0 Å².